The molecular weight excluding hydrogens is 364 g/mol. The van der Waals surface area contributed by atoms with Gasteiger partial charge in [0.1, 0.15) is 0 Å². The molecule has 0 bridgehead atoms. The quantitative estimate of drug-likeness (QED) is 0.491. The summed E-state index contributed by atoms with van der Waals surface area (Å²) < 4.78 is 1.59. The third-order valence-electron chi connectivity index (χ3n) is 4.50. The molecule has 1 saturated heterocycles. The Labute approximate surface area is 160 Å². The zero-order chi connectivity index (χ0) is 18.6. The van der Waals surface area contributed by atoms with Gasteiger partial charge < -0.3 is 4.90 Å². The van der Waals surface area contributed by atoms with Crippen molar-refractivity contribution in [3.63, 3.8) is 0 Å². The average molecular weight is 382 g/mol. The number of hydrogen-bond acceptors (Lipinski definition) is 7. The molecule has 0 atom stereocenters. The van der Waals surface area contributed by atoms with Crippen molar-refractivity contribution in [2.24, 2.45) is 0 Å². The summed E-state index contributed by atoms with van der Waals surface area (Å²) in [7, 11) is 0. The first-order chi connectivity index (χ1) is 13.2. The minimum absolute atomic E-state index is 0.0587. The van der Waals surface area contributed by atoms with Crippen LogP contribution in [-0.4, -0.2) is 38.2 Å². The van der Waals surface area contributed by atoms with E-state index < -0.39 is 0 Å². The highest BCUT2D eigenvalue weighted by molar-refractivity contribution is 7.99. The van der Waals surface area contributed by atoms with Crippen LogP contribution in [0.25, 0.3) is 5.69 Å². The van der Waals surface area contributed by atoms with Crippen molar-refractivity contribution in [2.75, 3.05) is 18.0 Å². The lowest BCUT2D eigenvalue weighted by Crippen LogP contribution is -2.29. The first-order valence-corrected chi connectivity index (χ1v) is 9.59. The number of nitro groups is 1. The third-order valence-corrected chi connectivity index (χ3v) is 5.49. The normalized spacial score (nSPS) is 14.3. The van der Waals surface area contributed by atoms with Gasteiger partial charge in [0.05, 0.1) is 15.5 Å². The highest BCUT2D eigenvalue weighted by atomic mass is 32.2. The summed E-state index contributed by atoms with van der Waals surface area (Å²) in [6.07, 6.45) is 3.52. The molecule has 2 aromatic carbocycles. The van der Waals surface area contributed by atoms with Crippen LogP contribution < -0.4 is 4.90 Å². The van der Waals surface area contributed by atoms with Gasteiger partial charge in [-0.05, 0) is 65.7 Å². The fraction of sp³-hybridized carbons (Fsp3) is 0.278. The molecule has 3 aromatic rings. The minimum Gasteiger partial charge on any atom is -0.371 e. The van der Waals surface area contributed by atoms with E-state index in [1.807, 2.05) is 42.5 Å². The number of nitrogens with zero attached hydrogens (tertiary/aromatic N) is 6. The number of benzene rings is 2. The van der Waals surface area contributed by atoms with Crippen LogP contribution in [0.3, 0.4) is 0 Å². The Kier molecular flexibility index (Phi) is 5.01. The number of nitro benzene ring substituents is 1. The van der Waals surface area contributed by atoms with Crippen LogP contribution in [0.1, 0.15) is 19.3 Å². The molecule has 9 heteroatoms. The van der Waals surface area contributed by atoms with Gasteiger partial charge in [-0.25, -0.2) is 0 Å². The predicted octanol–water partition coefficient (Wildman–Crippen LogP) is 3.71. The molecule has 0 radical (unpaired) electrons. The topological polar surface area (TPSA) is 90.0 Å². The lowest BCUT2D eigenvalue weighted by molar-refractivity contribution is -0.387. The van der Waals surface area contributed by atoms with E-state index in [0.717, 1.165) is 37.3 Å². The molecule has 8 nitrogen and oxygen atoms in total. The molecule has 0 aliphatic carbocycles. The van der Waals surface area contributed by atoms with E-state index in [0.29, 0.717) is 10.1 Å². The van der Waals surface area contributed by atoms with Gasteiger partial charge in [-0.3, -0.25) is 10.1 Å². The molecular formula is C18H18N6O2S. The largest absolute Gasteiger partial charge is 0.371 e. The second-order valence-corrected chi connectivity index (χ2v) is 7.28. The van der Waals surface area contributed by atoms with Gasteiger partial charge in [0.25, 0.3) is 5.69 Å². The van der Waals surface area contributed by atoms with E-state index in [4.69, 9.17) is 0 Å². The zero-order valence-electron chi connectivity index (χ0n) is 14.6. The van der Waals surface area contributed by atoms with E-state index in [-0.39, 0.29) is 10.6 Å². The van der Waals surface area contributed by atoms with Crippen molar-refractivity contribution in [2.45, 2.75) is 29.3 Å². The fourth-order valence-electron chi connectivity index (χ4n) is 3.16. The molecule has 2 heterocycles. The summed E-state index contributed by atoms with van der Waals surface area (Å²) in [6, 6.07) is 14.7. The summed E-state index contributed by atoms with van der Waals surface area (Å²) in [4.78, 5) is 14.0. The number of aromatic nitrogens is 4. The van der Waals surface area contributed by atoms with Gasteiger partial charge in [0, 0.05) is 24.8 Å². The first-order valence-electron chi connectivity index (χ1n) is 8.77. The Morgan fingerprint density at radius 1 is 1.00 bits per heavy atom. The molecule has 0 spiro atoms. The van der Waals surface area contributed by atoms with Gasteiger partial charge >= 0.3 is 0 Å². The van der Waals surface area contributed by atoms with E-state index in [1.54, 1.807) is 10.7 Å². The average Bonchev–Trinajstić information content (AvgIpc) is 3.17. The maximum absolute atomic E-state index is 11.5. The Morgan fingerprint density at radius 2 is 1.78 bits per heavy atom. The highest BCUT2D eigenvalue weighted by Gasteiger charge is 2.21. The number of rotatable bonds is 5. The van der Waals surface area contributed by atoms with Crippen LogP contribution in [0.2, 0.25) is 0 Å². The number of piperidine rings is 1. The molecule has 0 amide bonds. The van der Waals surface area contributed by atoms with Gasteiger partial charge in [-0.15, -0.1) is 5.10 Å². The number of hydrogen-bond donors (Lipinski definition) is 0. The Hall–Kier alpha value is -2.94. The maximum atomic E-state index is 11.5. The van der Waals surface area contributed by atoms with E-state index in [2.05, 4.69) is 20.4 Å². The molecule has 1 fully saturated rings. The van der Waals surface area contributed by atoms with E-state index >= 15 is 0 Å². The van der Waals surface area contributed by atoms with Gasteiger partial charge in [0.15, 0.2) is 0 Å². The standard InChI is InChI=1S/C18H18N6O2S/c25-24(26)16-10-9-15(22-11-5-2-6-12-22)13-17(16)27-18-19-20-21-23(18)14-7-3-1-4-8-14/h1,3-4,7-10,13H,2,5-6,11-12H2. The van der Waals surface area contributed by atoms with Crippen LogP contribution in [0.15, 0.2) is 58.6 Å². The molecule has 0 unspecified atom stereocenters. The molecule has 0 N–H and O–H groups in total. The summed E-state index contributed by atoms with van der Waals surface area (Å²) in [5.41, 5.74) is 1.87. The second-order valence-electron chi connectivity index (χ2n) is 6.27. The molecule has 4 rings (SSSR count). The maximum Gasteiger partial charge on any atom is 0.283 e. The van der Waals surface area contributed by atoms with Crippen LogP contribution in [0, 0.1) is 10.1 Å². The summed E-state index contributed by atoms with van der Waals surface area (Å²) in [5, 5.41) is 23.8. The molecule has 1 aromatic heterocycles. The van der Waals surface area contributed by atoms with E-state index in [1.165, 1.54) is 18.2 Å². The summed E-state index contributed by atoms with van der Waals surface area (Å²) in [5.74, 6) is 0. The van der Waals surface area contributed by atoms with Crippen LogP contribution in [0.5, 0.6) is 0 Å². The Balaban J connectivity index is 1.69. The first kappa shape index (κ1) is 17.5. The molecule has 1 aliphatic heterocycles. The second kappa shape index (κ2) is 7.75. The van der Waals surface area contributed by atoms with Gasteiger partial charge in [0.2, 0.25) is 5.16 Å². The van der Waals surface area contributed by atoms with Gasteiger partial charge in [-0.2, -0.15) is 4.68 Å². The molecule has 138 valence electrons. The lowest BCUT2D eigenvalue weighted by Gasteiger charge is -2.29. The van der Waals surface area contributed by atoms with Crippen molar-refractivity contribution < 1.29 is 4.92 Å². The fourth-order valence-corrected chi connectivity index (χ4v) is 4.09. The lowest BCUT2D eigenvalue weighted by atomic mass is 10.1. The third kappa shape index (κ3) is 3.77. The van der Waals surface area contributed by atoms with Crippen LogP contribution in [-0.2, 0) is 0 Å². The van der Waals surface area contributed by atoms with Crippen molar-refractivity contribution in [3.05, 3.63) is 58.6 Å². The molecule has 1 aliphatic rings. The van der Waals surface area contributed by atoms with Crippen LogP contribution >= 0.6 is 11.8 Å². The van der Waals surface area contributed by atoms with Crippen molar-refractivity contribution in [1.82, 2.24) is 20.2 Å². The molecule has 0 saturated carbocycles. The summed E-state index contributed by atoms with van der Waals surface area (Å²) >= 11 is 1.21. The van der Waals surface area contributed by atoms with Gasteiger partial charge in [-0.1, -0.05) is 18.2 Å². The summed E-state index contributed by atoms with van der Waals surface area (Å²) in [6.45, 7) is 1.95. The zero-order valence-corrected chi connectivity index (χ0v) is 15.4. The van der Waals surface area contributed by atoms with Crippen molar-refractivity contribution in [1.29, 1.82) is 0 Å². The number of anilines is 1. The Morgan fingerprint density at radius 3 is 2.52 bits per heavy atom. The van der Waals surface area contributed by atoms with Crippen molar-refractivity contribution >= 4 is 23.1 Å². The van der Waals surface area contributed by atoms with E-state index in [9.17, 15) is 10.1 Å². The van der Waals surface area contributed by atoms with Crippen molar-refractivity contribution in [3.8, 4) is 5.69 Å². The molecule has 27 heavy (non-hydrogen) atoms. The highest BCUT2D eigenvalue weighted by Crippen LogP contribution is 2.37. The SMILES string of the molecule is O=[N+]([O-])c1ccc(N2CCCCC2)cc1Sc1nnnn1-c1ccccc1. The number of para-hydroxylation sites is 1. The number of tetrazole rings is 1. The monoisotopic (exact) mass is 382 g/mol. The Bertz CT molecular complexity index is 940. The smallest absolute Gasteiger partial charge is 0.283 e. The predicted molar refractivity (Wildman–Crippen MR) is 102 cm³/mol. The van der Waals surface area contributed by atoms with Crippen LogP contribution in [0.4, 0.5) is 11.4 Å². The minimum atomic E-state index is -0.362.